The number of rotatable bonds is 5. The third-order valence-electron chi connectivity index (χ3n) is 3.85. The summed E-state index contributed by atoms with van der Waals surface area (Å²) in [6, 6.07) is 12.1. The number of aryl methyl sites for hydroxylation is 1. The quantitative estimate of drug-likeness (QED) is 0.892. The van der Waals surface area contributed by atoms with E-state index in [2.05, 4.69) is 22.0 Å². The number of nitrogens with zero attached hydrogens (tertiary/aromatic N) is 1. The fraction of sp³-hybridized carbons (Fsp3) is 0.389. The summed E-state index contributed by atoms with van der Waals surface area (Å²) in [6.45, 7) is 8.21. The first-order valence-corrected chi connectivity index (χ1v) is 7.48. The van der Waals surface area contributed by atoms with E-state index in [0.717, 1.165) is 17.9 Å². The molecule has 0 spiro atoms. The van der Waals surface area contributed by atoms with Crippen LogP contribution in [0.3, 0.4) is 0 Å². The molecule has 0 aliphatic heterocycles. The van der Waals surface area contributed by atoms with Gasteiger partial charge in [0.1, 0.15) is 0 Å². The maximum absolute atomic E-state index is 12.4. The highest BCUT2D eigenvalue weighted by molar-refractivity contribution is 5.96. The lowest BCUT2D eigenvalue weighted by atomic mass is 10.1. The van der Waals surface area contributed by atoms with Crippen molar-refractivity contribution in [3.8, 4) is 0 Å². The Kier molecular flexibility index (Phi) is 4.71. The highest BCUT2D eigenvalue weighted by Crippen LogP contribution is 2.18. The number of benzene rings is 1. The highest BCUT2D eigenvalue weighted by atomic mass is 16.3. The zero-order valence-corrected chi connectivity index (χ0v) is 13.7. The van der Waals surface area contributed by atoms with Crippen molar-refractivity contribution >= 4 is 5.91 Å². The second-order valence-corrected chi connectivity index (χ2v) is 6.35. The van der Waals surface area contributed by atoms with E-state index in [1.807, 2.05) is 38.1 Å². The predicted octanol–water partition coefficient (Wildman–Crippen LogP) is 2.65. The fourth-order valence-electron chi connectivity index (χ4n) is 2.45. The van der Waals surface area contributed by atoms with Crippen LogP contribution in [0.15, 0.2) is 36.4 Å². The molecule has 4 nitrogen and oxygen atoms in total. The van der Waals surface area contributed by atoms with E-state index in [-0.39, 0.29) is 12.5 Å². The van der Waals surface area contributed by atoms with Gasteiger partial charge < -0.3 is 15.0 Å². The van der Waals surface area contributed by atoms with E-state index in [1.54, 1.807) is 13.8 Å². The van der Waals surface area contributed by atoms with Gasteiger partial charge >= 0.3 is 0 Å². The number of carbonyl (C=O) groups is 1. The van der Waals surface area contributed by atoms with Gasteiger partial charge in [-0.1, -0.05) is 30.3 Å². The maximum Gasteiger partial charge on any atom is 0.253 e. The van der Waals surface area contributed by atoms with Gasteiger partial charge in [-0.3, -0.25) is 4.79 Å². The van der Waals surface area contributed by atoms with Crippen molar-refractivity contribution in [1.29, 1.82) is 0 Å². The number of hydrogen-bond donors (Lipinski definition) is 2. The molecule has 0 aliphatic carbocycles. The summed E-state index contributed by atoms with van der Waals surface area (Å²) in [6.07, 6.45) is 0. The van der Waals surface area contributed by atoms with Crippen molar-refractivity contribution in [3.63, 3.8) is 0 Å². The Balaban J connectivity index is 2.25. The Hall–Kier alpha value is -2.07. The second-order valence-electron chi connectivity index (χ2n) is 6.35. The molecule has 0 unspecified atom stereocenters. The molecule has 0 saturated heterocycles. The lowest BCUT2D eigenvalue weighted by molar-refractivity contribution is 0.0868. The molecule has 0 radical (unpaired) electrons. The molecular weight excluding hydrogens is 276 g/mol. The molecule has 22 heavy (non-hydrogen) atoms. The summed E-state index contributed by atoms with van der Waals surface area (Å²) in [7, 11) is 0. The van der Waals surface area contributed by atoms with Crippen molar-refractivity contribution in [2.45, 2.75) is 39.8 Å². The van der Waals surface area contributed by atoms with Crippen LogP contribution < -0.4 is 5.32 Å². The minimum Gasteiger partial charge on any atom is -0.394 e. The molecule has 0 atom stereocenters. The Morgan fingerprint density at radius 1 is 1.23 bits per heavy atom. The molecule has 2 rings (SSSR count). The SMILES string of the molecule is Cc1cc(C(=O)NC(C)(C)CO)c(C)n1Cc1ccccc1. The molecule has 118 valence electrons. The number of aliphatic hydroxyl groups excluding tert-OH is 1. The first-order chi connectivity index (χ1) is 10.3. The average Bonchev–Trinajstić information content (AvgIpc) is 2.76. The van der Waals surface area contributed by atoms with Crippen LogP contribution in [-0.4, -0.2) is 27.7 Å². The Morgan fingerprint density at radius 2 is 1.86 bits per heavy atom. The molecule has 0 saturated carbocycles. The third-order valence-corrected chi connectivity index (χ3v) is 3.85. The summed E-state index contributed by atoms with van der Waals surface area (Å²) in [5.74, 6) is -0.147. The van der Waals surface area contributed by atoms with Crippen molar-refractivity contribution in [1.82, 2.24) is 9.88 Å². The van der Waals surface area contributed by atoms with Gasteiger partial charge in [-0.05, 0) is 39.3 Å². The van der Waals surface area contributed by atoms with Gasteiger partial charge in [0.25, 0.3) is 5.91 Å². The second kappa shape index (κ2) is 6.36. The number of aliphatic hydroxyl groups is 1. The van der Waals surface area contributed by atoms with Crippen LogP contribution in [0.4, 0.5) is 0 Å². The van der Waals surface area contributed by atoms with E-state index in [0.29, 0.717) is 5.56 Å². The van der Waals surface area contributed by atoms with Crippen LogP contribution in [0.1, 0.15) is 41.2 Å². The molecule has 2 N–H and O–H groups in total. The third kappa shape index (κ3) is 3.57. The minimum absolute atomic E-state index is 0.0957. The molecule has 0 aliphatic rings. The summed E-state index contributed by atoms with van der Waals surface area (Å²) >= 11 is 0. The molecule has 1 aromatic heterocycles. The van der Waals surface area contributed by atoms with Crippen molar-refractivity contribution in [2.24, 2.45) is 0 Å². The standard InChI is InChI=1S/C18H24N2O2/c1-13-10-16(17(22)19-18(3,4)12-21)14(2)20(13)11-15-8-6-5-7-9-15/h5-10,21H,11-12H2,1-4H3,(H,19,22). The van der Waals surface area contributed by atoms with Crippen molar-refractivity contribution in [3.05, 3.63) is 58.9 Å². The van der Waals surface area contributed by atoms with E-state index >= 15 is 0 Å². The van der Waals surface area contributed by atoms with Gasteiger partial charge in [-0.15, -0.1) is 0 Å². The van der Waals surface area contributed by atoms with Crippen LogP contribution >= 0.6 is 0 Å². The predicted molar refractivity (Wildman–Crippen MR) is 88.1 cm³/mol. The summed E-state index contributed by atoms with van der Waals surface area (Å²) in [5.41, 5.74) is 3.22. The highest BCUT2D eigenvalue weighted by Gasteiger charge is 2.23. The van der Waals surface area contributed by atoms with Crippen molar-refractivity contribution < 1.29 is 9.90 Å². The van der Waals surface area contributed by atoms with Crippen LogP contribution in [0.2, 0.25) is 0 Å². The molecule has 2 aromatic rings. The summed E-state index contributed by atoms with van der Waals surface area (Å²) in [5, 5.41) is 12.2. The smallest absolute Gasteiger partial charge is 0.253 e. The average molecular weight is 300 g/mol. The Labute approximate surface area is 131 Å². The maximum atomic E-state index is 12.4. The van der Waals surface area contributed by atoms with Crippen LogP contribution in [0, 0.1) is 13.8 Å². The van der Waals surface area contributed by atoms with Gasteiger partial charge in [-0.2, -0.15) is 0 Å². The van der Waals surface area contributed by atoms with Gasteiger partial charge in [0.05, 0.1) is 17.7 Å². The van der Waals surface area contributed by atoms with Crippen LogP contribution in [-0.2, 0) is 6.54 Å². The summed E-state index contributed by atoms with van der Waals surface area (Å²) < 4.78 is 2.14. The molecular formula is C18H24N2O2. The fourth-order valence-corrected chi connectivity index (χ4v) is 2.45. The Bertz CT molecular complexity index is 657. The number of amides is 1. The van der Waals surface area contributed by atoms with E-state index < -0.39 is 5.54 Å². The molecule has 0 fully saturated rings. The monoisotopic (exact) mass is 300 g/mol. The van der Waals surface area contributed by atoms with Gasteiger partial charge in [0, 0.05) is 17.9 Å². The topological polar surface area (TPSA) is 54.3 Å². The number of aromatic nitrogens is 1. The molecule has 1 heterocycles. The molecule has 4 heteroatoms. The summed E-state index contributed by atoms with van der Waals surface area (Å²) in [4.78, 5) is 12.4. The lowest BCUT2D eigenvalue weighted by Gasteiger charge is -2.23. The van der Waals surface area contributed by atoms with E-state index in [9.17, 15) is 9.90 Å². The van der Waals surface area contributed by atoms with Gasteiger partial charge in [0.15, 0.2) is 0 Å². The van der Waals surface area contributed by atoms with Crippen LogP contribution in [0.5, 0.6) is 0 Å². The number of nitrogens with one attached hydrogen (secondary N) is 1. The number of carbonyl (C=O) groups excluding carboxylic acids is 1. The first-order valence-electron chi connectivity index (χ1n) is 7.48. The molecule has 1 amide bonds. The van der Waals surface area contributed by atoms with E-state index in [4.69, 9.17) is 0 Å². The lowest BCUT2D eigenvalue weighted by Crippen LogP contribution is -2.46. The van der Waals surface area contributed by atoms with E-state index in [1.165, 1.54) is 5.56 Å². The van der Waals surface area contributed by atoms with Crippen LogP contribution in [0.25, 0.3) is 0 Å². The Morgan fingerprint density at radius 3 is 2.45 bits per heavy atom. The largest absolute Gasteiger partial charge is 0.394 e. The molecule has 1 aromatic carbocycles. The minimum atomic E-state index is -0.626. The number of hydrogen-bond acceptors (Lipinski definition) is 2. The van der Waals surface area contributed by atoms with Gasteiger partial charge in [-0.25, -0.2) is 0 Å². The zero-order chi connectivity index (χ0) is 16.3. The van der Waals surface area contributed by atoms with Gasteiger partial charge in [0.2, 0.25) is 0 Å². The molecule has 0 bridgehead atoms. The first kappa shape index (κ1) is 16.3. The normalized spacial score (nSPS) is 11.5. The zero-order valence-electron chi connectivity index (χ0n) is 13.7. The van der Waals surface area contributed by atoms with Crippen molar-refractivity contribution in [2.75, 3.05) is 6.61 Å².